The summed E-state index contributed by atoms with van der Waals surface area (Å²) in [6, 6.07) is 24.5. The fourth-order valence-corrected chi connectivity index (χ4v) is 5.74. The third-order valence-electron chi connectivity index (χ3n) is 7.70. The van der Waals surface area contributed by atoms with Crippen molar-refractivity contribution >= 4 is 0 Å². The molecule has 0 spiro atoms. The first-order valence-electron chi connectivity index (χ1n) is 13.7. The number of hydrogen-bond donors (Lipinski definition) is 1. The molecular formula is C32H39NO3. The number of benzene rings is 3. The number of nitrogens with zero attached hydrogens (tertiary/aromatic N) is 1. The number of phenolic OH excluding ortho intramolecular Hbond substituents is 1. The summed E-state index contributed by atoms with van der Waals surface area (Å²) in [5, 5.41) is 10.2. The molecule has 0 amide bonds. The Labute approximate surface area is 215 Å². The van der Waals surface area contributed by atoms with Crippen LogP contribution in [0.25, 0.3) is 0 Å². The van der Waals surface area contributed by atoms with E-state index in [9.17, 15) is 5.11 Å². The summed E-state index contributed by atoms with van der Waals surface area (Å²) in [7, 11) is 0. The Balaban J connectivity index is 1.16. The fourth-order valence-electron chi connectivity index (χ4n) is 5.74. The highest BCUT2D eigenvalue weighted by atomic mass is 16.5. The Bertz CT molecular complexity index is 1080. The molecule has 4 heteroatoms. The zero-order valence-corrected chi connectivity index (χ0v) is 21.3. The van der Waals surface area contributed by atoms with E-state index in [1.165, 1.54) is 69.3 Å². The number of phenols is 1. The first kappa shape index (κ1) is 24.7. The molecule has 0 aliphatic carbocycles. The second-order valence-corrected chi connectivity index (χ2v) is 10.3. The van der Waals surface area contributed by atoms with Crippen molar-refractivity contribution in [3.63, 3.8) is 0 Å². The van der Waals surface area contributed by atoms with Crippen LogP contribution in [-0.2, 0) is 0 Å². The summed E-state index contributed by atoms with van der Waals surface area (Å²) >= 11 is 0. The monoisotopic (exact) mass is 485 g/mol. The van der Waals surface area contributed by atoms with E-state index in [2.05, 4.69) is 53.4 Å². The van der Waals surface area contributed by atoms with Crippen LogP contribution in [0.5, 0.6) is 17.2 Å². The third kappa shape index (κ3) is 6.22. The van der Waals surface area contributed by atoms with Gasteiger partial charge in [0, 0.05) is 17.4 Å². The van der Waals surface area contributed by atoms with Gasteiger partial charge in [-0.05, 0) is 86.8 Å². The summed E-state index contributed by atoms with van der Waals surface area (Å²) in [5.74, 6) is 2.33. The van der Waals surface area contributed by atoms with Crippen molar-refractivity contribution in [3.8, 4) is 17.2 Å². The molecule has 190 valence electrons. The Morgan fingerprint density at radius 2 is 1.56 bits per heavy atom. The molecule has 1 N–H and O–H groups in total. The van der Waals surface area contributed by atoms with Crippen molar-refractivity contribution in [3.05, 3.63) is 89.5 Å². The zero-order chi connectivity index (χ0) is 24.6. The maximum Gasteiger partial charge on any atom is 0.123 e. The fraction of sp³-hybridized carbons (Fsp3) is 0.438. The van der Waals surface area contributed by atoms with Crippen LogP contribution in [0.3, 0.4) is 0 Å². The van der Waals surface area contributed by atoms with E-state index in [0.717, 1.165) is 30.1 Å². The van der Waals surface area contributed by atoms with Gasteiger partial charge in [-0.15, -0.1) is 0 Å². The molecule has 2 unspecified atom stereocenters. The largest absolute Gasteiger partial charge is 0.508 e. The van der Waals surface area contributed by atoms with E-state index in [-0.39, 0.29) is 17.6 Å². The molecular weight excluding hydrogens is 446 g/mol. The van der Waals surface area contributed by atoms with Crippen LogP contribution in [0, 0.1) is 0 Å². The van der Waals surface area contributed by atoms with Crippen molar-refractivity contribution in [1.29, 1.82) is 0 Å². The number of aromatic hydroxyl groups is 1. The minimum absolute atomic E-state index is 0.109. The number of ether oxygens (including phenoxy) is 2. The van der Waals surface area contributed by atoms with Gasteiger partial charge in [-0.25, -0.2) is 0 Å². The summed E-state index contributed by atoms with van der Waals surface area (Å²) in [4.78, 5) is 2.61. The van der Waals surface area contributed by atoms with Crippen molar-refractivity contribution < 1.29 is 14.6 Å². The molecule has 2 aliphatic rings. The second-order valence-electron chi connectivity index (χ2n) is 10.3. The summed E-state index contributed by atoms with van der Waals surface area (Å²) in [6.07, 6.45) is 9.07. The van der Waals surface area contributed by atoms with Crippen molar-refractivity contribution in [2.75, 3.05) is 32.8 Å². The van der Waals surface area contributed by atoms with Gasteiger partial charge in [0.05, 0.1) is 13.2 Å². The second kappa shape index (κ2) is 12.3. The van der Waals surface area contributed by atoms with Crippen LogP contribution in [0.2, 0.25) is 0 Å². The van der Waals surface area contributed by atoms with Crippen LogP contribution in [-0.4, -0.2) is 42.9 Å². The van der Waals surface area contributed by atoms with Gasteiger partial charge in [-0.2, -0.15) is 0 Å². The molecule has 0 radical (unpaired) electrons. The molecule has 0 bridgehead atoms. The molecule has 36 heavy (non-hydrogen) atoms. The molecule has 2 atom stereocenters. The lowest BCUT2D eigenvalue weighted by atomic mass is 9.76. The summed E-state index contributed by atoms with van der Waals surface area (Å²) in [5.41, 5.74) is 3.50. The highest BCUT2D eigenvalue weighted by Gasteiger charge is 2.33. The Hall–Kier alpha value is -2.98. The zero-order valence-electron chi connectivity index (χ0n) is 21.3. The number of hydrogen-bond acceptors (Lipinski definition) is 4. The molecule has 2 aliphatic heterocycles. The van der Waals surface area contributed by atoms with E-state index in [1.54, 1.807) is 6.07 Å². The van der Waals surface area contributed by atoms with Crippen LogP contribution in [0.4, 0.5) is 0 Å². The minimum Gasteiger partial charge on any atom is -0.508 e. The summed E-state index contributed by atoms with van der Waals surface area (Å²) in [6.45, 7) is 5.28. The van der Waals surface area contributed by atoms with E-state index in [1.807, 2.05) is 18.2 Å². The van der Waals surface area contributed by atoms with Gasteiger partial charge in [0.15, 0.2) is 0 Å². The number of unbranched alkanes of at least 4 members (excludes halogenated alkanes) is 4. The van der Waals surface area contributed by atoms with E-state index >= 15 is 0 Å². The van der Waals surface area contributed by atoms with E-state index < -0.39 is 0 Å². The van der Waals surface area contributed by atoms with Crippen LogP contribution < -0.4 is 9.47 Å². The number of rotatable bonds is 11. The lowest BCUT2D eigenvalue weighted by molar-refractivity contribution is 0.248. The van der Waals surface area contributed by atoms with Crippen LogP contribution in [0.15, 0.2) is 72.8 Å². The molecule has 1 fully saturated rings. The maximum absolute atomic E-state index is 10.2. The van der Waals surface area contributed by atoms with Gasteiger partial charge in [-0.3, -0.25) is 0 Å². The Morgan fingerprint density at radius 3 is 2.36 bits per heavy atom. The van der Waals surface area contributed by atoms with E-state index in [4.69, 9.17) is 9.47 Å². The highest BCUT2D eigenvalue weighted by molar-refractivity contribution is 5.51. The molecule has 2 heterocycles. The number of likely N-dealkylation sites (tertiary alicyclic amines) is 1. The average molecular weight is 486 g/mol. The van der Waals surface area contributed by atoms with Gasteiger partial charge < -0.3 is 19.5 Å². The first-order valence-corrected chi connectivity index (χ1v) is 13.7. The SMILES string of the molecule is Oc1ccc2c(c1)C(c1ccc(OCCCCCCCN3CCCC3)cc1)C(c1ccccc1)CO2. The number of fused-ring (bicyclic) bond motifs is 1. The predicted molar refractivity (Wildman–Crippen MR) is 145 cm³/mol. The molecule has 0 saturated carbocycles. The highest BCUT2D eigenvalue weighted by Crippen LogP contribution is 2.47. The molecule has 3 aromatic carbocycles. The quantitative estimate of drug-likeness (QED) is 0.294. The summed E-state index contributed by atoms with van der Waals surface area (Å²) < 4.78 is 12.2. The van der Waals surface area contributed by atoms with Crippen molar-refractivity contribution in [2.45, 2.75) is 56.8 Å². The smallest absolute Gasteiger partial charge is 0.123 e. The molecule has 4 nitrogen and oxygen atoms in total. The lowest BCUT2D eigenvalue weighted by Crippen LogP contribution is -2.25. The molecule has 5 rings (SSSR count). The van der Waals surface area contributed by atoms with Gasteiger partial charge in [0.1, 0.15) is 17.2 Å². The van der Waals surface area contributed by atoms with Crippen molar-refractivity contribution in [2.24, 2.45) is 0 Å². The van der Waals surface area contributed by atoms with Gasteiger partial charge in [0.2, 0.25) is 0 Å². The standard InChI is InChI=1S/C32H39NO3/c34-27-15-18-31-29(23-27)32(30(24-36-31)25-11-5-4-6-12-25)26-13-16-28(17-14-26)35-22-10-3-1-2-7-19-33-20-8-9-21-33/h4-6,11-18,23,30,32,34H,1-3,7-10,19-22,24H2. The third-order valence-corrected chi connectivity index (χ3v) is 7.70. The van der Waals surface area contributed by atoms with Crippen LogP contribution in [0.1, 0.15) is 73.5 Å². The maximum atomic E-state index is 10.2. The topological polar surface area (TPSA) is 41.9 Å². The molecule has 0 aromatic heterocycles. The van der Waals surface area contributed by atoms with Crippen molar-refractivity contribution in [1.82, 2.24) is 4.90 Å². The van der Waals surface area contributed by atoms with E-state index in [0.29, 0.717) is 6.61 Å². The van der Waals surface area contributed by atoms with Gasteiger partial charge in [-0.1, -0.05) is 61.7 Å². The first-order chi connectivity index (χ1) is 17.8. The Kier molecular flexibility index (Phi) is 8.45. The molecule has 1 saturated heterocycles. The van der Waals surface area contributed by atoms with Crippen LogP contribution >= 0.6 is 0 Å². The normalized spacial score (nSPS) is 19.6. The molecule has 3 aromatic rings. The van der Waals surface area contributed by atoms with Gasteiger partial charge in [0.25, 0.3) is 0 Å². The lowest BCUT2D eigenvalue weighted by Gasteiger charge is -2.34. The minimum atomic E-state index is 0.109. The van der Waals surface area contributed by atoms with Gasteiger partial charge >= 0.3 is 0 Å². The predicted octanol–water partition coefficient (Wildman–Crippen LogP) is 7.13. The Morgan fingerprint density at radius 1 is 0.806 bits per heavy atom. The average Bonchev–Trinajstić information content (AvgIpc) is 3.44.